The molecule has 2 fully saturated rings. The van der Waals surface area contributed by atoms with Crippen molar-refractivity contribution in [3.05, 3.63) is 75.0 Å². The third-order valence-electron chi connectivity index (χ3n) is 8.07. The SMILES string of the molecule is Cc1nc(N2CCC3(CC2)Cc2ccccc2[C@H]3N)c(C2(O)CC2)nc1-c1cccc(Cl)c1Cl. The molecule has 3 N–H and O–H groups in total. The topological polar surface area (TPSA) is 75.3 Å². The minimum atomic E-state index is -0.926. The molecule has 1 saturated carbocycles. The number of hydrogen-bond donors (Lipinski definition) is 2. The summed E-state index contributed by atoms with van der Waals surface area (Å²) < 4.78 is 0. The lowest BCUT2D eigenvalue weighted by molar-refractivity contribution is 0.145. The van der Waals surface area contributed by atoms with Crippen LogP contribution in [0.2, 0.25) is 10.0 Å². The van der Waals surface area contributed by atoms with Crippen molar-refractivity contribution < 1.29 is 5.11 Å². The van der Waals surface area contributed by atoms with E-state index in [0.29, 0.717) is 34.3 Å². The predicted octanol–water partition coefficient (Wildman–Crippen LogP) is 5.58. The van der Waals surface area contributed by atoms with E-state index >= 15 is 0 Å². The van der Waals surface area contributed by atoms with Crippen molar-refractivity contribution in [1.29, 1.82) is 0 Å². The zero-order chi connectivity index (χ0) is 23.7. The van der Waals surface area contributed by atoms with E-state index in [1.807, 2.05) is 19.1 Å². The van der Waals surface area contributed by atoms with Crippen molar-refractivity contribution in [3.63, 3.8) is 0 Å². The molecule has 34 heavy (non-hydrogen) atoms. The van der Waals surface area contributed by atoms with Crippen LogP contribution in [0.4, 0.5) is 5.82 Å². The first-order valence-electron chi connectivity index (χ1n) is 12.0. The first kappa shape index (κ1) is 22.3. The van der Waals surface area contributed by atoms with Gasteiger partial charge in [0.1, 0.15) is 11.3 Å². The number of nitrogens with two attached hydrogens (primary N) is 1. The standard InChI is InChI=1S/C27H28Cl2N4O/c1-16-22(19-7-4-8-20(28)21(19)29)32-24(27(34)9-10-27)25(31-16)33-13-11-26(12-14-33)15-17-5-2-3-6-18(17)23(26)30/h2-8,23,34H,9-15,30H2,1H3/t23-/m1/s1. The molecular formula is C27H28Cl2N4O. The minimum Gasteiger partial charge on any atom is -0.383 e. The molecule has 1 atom stereocenters. The van der Waals surface area contributed by atoms with Gasteiger partial charge in [-0.2, -0.15) is 0 Å². The van der Waals surface area contributed by atoms with E-state index in [4.69, 9.17) is 38.9 Å². The third kappa shape index (κ3) is 3.44. The van der Waals surface area contributed by atoms with Crippen molar-refractivity contribution in [1.82, 2.24) is 9.97 Å². The summed E-state index contributed by atoms with van der Waals surface area (Å²) in [6, 6.07) is 14.2. The Morgan fingerprint density at radius 3 is 2.44 bits per heavy atom. The van der Waals surface area contributed by atoms with Gasteiger partial charge in [-0.1, -0.05) is 59.6 Å². The second-order valence-corrected chi connectivity index (χ2v) is 11.0. The Labute approximate surface area is 209 Å². The molecule has 1 spiro atoms. The summed E-state index contributed by atoms with van der Waals surface area (Å²) in [5.41, 5.74) is 11.5. The fraction of sp³-hybridized carbons (Fsp3) is 0.407. The van der Waals surface area contributed by atoms with Gasteiger partial charge >= 0.3 is 0 Å². The van der Waals surface area contributed by atoms with Crippen molar-refractivity contribution >= 4 is 29.0 Å². The first-order chi connectivity index (χ1) is 16.3. The molecule has 7 heteroatoms. The molecule has 3 aromatic rings. The van der Waals surface area contributed by atoms with Crippen LogP contribution in [0.3, 0.4) is 0 Å². The van der Waals surface area contributed by atoms with Gasteiger partial charge in [-0.3, -0.25) is 0 Å². The number of aromatic nitrogens is 2. The van der Waals surface area contributed by atoms with Crippen LogP contribution in [0.1, 0.15) is 54.2 Å². The zero-order valence-electron chi connectivity index (χ0n) is 19.2. The number of hydrogen-bond acceptors (Lipinski definition) is 5. The number of aryl methyl sites for hydroxylation is 1. The highest BCUT2D eigenvalue weighted by Gasteiger charge is 2.49. The first-order valence-corrected chi connectivity index (χ1v) is 12.7. The molecule has 1 saturated heterocycles. The molecule has 176 valence electrons. The largest absolute Gasteiger partial charge is 0.383 e. The fourth-order valence-corrected chi connectivity index (χ4v) is 6.20. The number of aliphatic hydroxyl groups is 1. The lowest BCUT2D eigenvalue weighted by Gasteiger charge is -2.43. The number of anilines is 1. The van der Waals surface area contributed by atoms with Crippen LogP contribution >= 0.6 is 23.2 Å². The Balaban J connectivity index is 1.33. The summed E-state index contributed by atoms with van der Waals surface area (Å²) in [5.74, 6) is 0.790. The predicted molar refractivity (Wildman–Crippen MR) is 136 cm³/mol. The van der Waals surface area contributed by atoms with Crippen LogP contribution in [-0.4, -0.2) is 28.2 Å². The van der Waals surface area contributed by atoms with Crippen LogP contribution in [-0.2, 0) is 12.0 Å². The van der Waals surface area contributed by atoms with E-state index < -0.39 is 5.60 Å². The number of benzene rings is 2. The normalized spacial score (nSPS) is 22.1. The molecule has 0 bridgehead atoms. The highest BCUT2D eigenvalue weighted by Crippen LogP contribution is 2.53. The summed E-state index contributed by atoms with van der Waals surface area (Å²) in [7, 11) is 0. The number of halogens is 2. The minimum absolute atomic E-state index is 0.0677. The Kier molecular flexibility index (Phi) is 5.19. The summed E-state index contributed by atoms with van der Waals surface area (Å²) in [6.45, 7) is 3.63. The van der Waals surface area contributed by atoms with Gasteiger partial charge in [0.15, 0.2) is 5.82 Å². The average molecular weight is 495 g/mol. The lowest BCUT2D eigenvalue weighted by atomic mass is 9.73. The Morgan fingerprint density at radius 1 is 1.00 bits per heavy atom. The maximum Gasteiger partial charge on any atom is 0.153 e. The molecule has 0 amide bonds. The molecule has 2 heterocycles. The number of nitrogens with zero attached hydrogens (tertiary/aromatic N) is 3. The van der Waals surface area contributed by atoms with Crippen molar-refractivity contribution in [2.75, 3.05) is 18.0 Å². The van der Waals surface area contributed by atoms with Crippen molar-refractivity contribution in [2.45, 2.75) is 50.7 Å². The molecule has 2 aliphatic carbocycles. The van der Waals surface area contributed by atoms with Gasteiger partial charge in [0.25, 0.3) is 0 Å². The van der Waals surface area contributed by atoms with Gasteiger partial charge in [-0.05, 0) is 61.6 Å². The third-order valence-corrected chi connectivity index (χ3v) is 8.89. The monoisotopic (exact) mass is 494 g/mol. The van der Waals surface area contributed by atoms with Crippen LogP contribution in [0, 0.1) is 12.3 Å². The number of rotatable bonds is 3. The molecule has 5 nitrogen and oxygen atoms in total. The summed E-state index contributed by atoms with van der Waals surface area (Å²) in [5, 5.41) is 12.1. The Hall–Kier alpha value is -2.18. The van der Waals surface area contributed by atoms with Gasteiger partial charge < -0.3 is 15.7 Å². The Bertz CT molecular complexity index is 1280. The van der Waals surface area contributed by atoms with Gasteiger partial charge in [-0.15, -0.1) is 0 Å². The van der Waals surface area contributed by atoms with Gasteiger partial charge in [0.2, 0.25) is 0 Å². The molecule has 1 aliphatic heterocycles. The van der Waals surface area contributed by atoms with Gasteiger partial charge in [-0.25, -0.2) is 9.97 Å². The average Bonchev–Trinajstić information content (AvgIpc) is 3.53. The van der Waals surface area contributed by atoms with E-state index in [1.54, 1.807) is 6.07 Å². The van der Waals surface area contributed by atoms with Crippen molar-refractivity contribution in [2.24, 2.45) is 11.1 Å². The molecule has 0 radical (unpaired) electrons. The van der Waals surface area contributed by atoms with Gasteiger partial charge in [0.05, 0.1) is 21.4 Å². The summed E-state index contributed by atoms with van der Waals surface area (Å²) in [6.07, 6.45) is 4.40. The van der Waals surface area contributed by atoms with Crippen molar-refractivity contribution in [3.8, 4) is 11.3 Å². The van der Waals surface area contributed by atoms with E-state index in [9.17, 15) is 5.11 Å². The van der Waals surface area contributed by atoms with Crippen LogP contribution < -0.4 is 10.6 Å². The van der Waals surface area contributed by atoms with E-state index in [0.717, 1.165) is 49.4 Å². The lowest BCUT2D eigenvalue weighted by Crippen LogP contribution is -2.45. The second-order valence-electron chi connectivity index (χ2n) is 10.2. The Morgan fingerprint density at radius 2 is 1.74 bits per heavy atom. The van der Waals surface area contributed by atoms with E-state index in [1.165, 1.54) is 11.1 Å². The van der Waals surface area contributed by atoms with Crippen LogP contribution in [0.5, 0.6) is 0 Å². The molecule has 0 unspecified atom stereocenters. The van der Waals surface area contributed by atoms with Crippen LogP contribution in [0.15, 0.2) is 42.5 Å². The molecule has 6 rings (SSSR count). The van der Waals surface area contributed by atoms with Crippen LogP contribution in [0.25, 0.3) is 11.3 Å². The van der Waals surface area contributed by atoms with E-state index in [-0.39, 0.29) is 11.5 Å². The summed E-state index contributed by atoms with van der Waals surface area (Å²) in [4.78, 5) is 12.2. The van der Waals surface area contributed by atoms with Gasteiger partial charge in [0, 0.05) is 24.7 Å². The zero-order valence-corrected chi connectivity index (χ0v) is 20.7. The molecule has 2 aromatic carbocycles. The smallest absolute Gasteiger partial charge is 0.153 e. The summed E-state index contributed by atoms with van der Waals surface area (Å²) >= 11 is 12.8. The molecule has 1 aromatic heterocycles. The number of piperidine rings is 1. The highest BCUT2D eigenvalue weighted by molar-refractivity contribution is 6.43. The maximum absolute atomic E-state index is 11.2. The van der Waals surface area contributed by atoms with E-state index in [2.05, 4.69) is 29.2 Å². The molecule has 3 aliphatic rings. The highest BCUT2D eigenvalue weighted by atomic mass is 35.5. The fourth-order valence-electron chi connectivity index (χ4n) is 5.81. The quantitative estimate of drug-likeness (QED) is 0.496. The number of fused-ring (bicyclic) bond motifs is 1. The second kappa shape index (κ2) is 7.92. The maximum atomic E-state index is 11.2. The molecular weight excluding hydrogens is 467 g/mol.